The molecule has 0 spiro atoms. The zero-order valence-electron chi connectivity index (χ0n) is 15.9. The Morgan fingerprint density at radius 3 is 2.48 bits per heavy atom. The molecular formula is C21H15N5O5. The number of nitrogens with one attached hydrogen (secondary N) is 3. The Balaban J connectivity index is 1.57. The van der Waals surface area contributed by atoms with Gasteiger partial charge in [-0.1, -0.05) is 35.5 Å². The van der Waals surface area contributed by atoms with Crippen molar-refractivity contribution in [3.05, 3.63) is 99.0 Å². The Bertz CT molecular complexity index is 1310. The van der Waals surface area contributed by atoms with Crippen LogP contribution in [0.1, 0.15) is 10.4 Å². The zero-order chi connectivity index (χ0) is 21.8. The normalized spacial score (nSPS) is 10.5. The fourth-order valence-corrected chi connectivity index (χ4v) is 2.91. The van der Waals surface area contributed by atoms with Crippen molar-refractivity contribution in [3.8, 4) is 11.4 Å². The molecule has 0 bridgehead atoms. The van der Waals surface area contributed by atoms with E-state index < -0.39 is 16.6 Å². The summed E-state index contributed by atoms with van der Waals surface area (Å²) in [5, 5.41) is 20.8. The van der Waals surface area contributed by atoms with Crippen LogP contribution in [-0.4, -0.2) is 21.0 Å². The molecule has 0 aliphatic carbocycles. The lowest BCUT2D eigenvalue weighted by Crippen LogP contribution is -2.12. The molecule has 0 aliphatic heterocycles. The van der Waals surface area contributed by atoms with Gasteiger partial charge in [0.15, 0.2) is 5.82 Å². The third-order valence-corrected chi connectivity index (χ3v) is 4.34. The van der Waals surface area contributed by atoms with Crippen molar-refractivity contribution in [1.29, 1.82) is 0 Å². The quantitative estimate of drug-likeness (QED) is 0.318. The fourth-order valence-electron chi connectivity index (χ4n) is 2.91. The number of hydrogen-bond donors (Lipinski definition) is 3. The van der Waals surface area contributed by atoms with E-state index in [1.807, 2.05) is 6.07 Å². The summed E-state index contributed by atoms with van der Waals surface area (Å²) >= 11 is 0. The summed E-state index contributed by atoms with van der Waals surface area (Å²) in [6.45, 7) is 0. The first-order chi connectivity index (χ1) is 15.0. The molecule has 154 valence electrons. The zero-order valence-corrected chi connectivity index (χ0v) is 15.9. The summed E-state index contributed by atoms with van der Waals surface area (Å²) in [4.78, 5) is 37.2. The van der Waals surface area contributed by atoms with Gasteiger partial charge in [0.2, 0.25) is 0 Å². The van der Waals surface area contributed by atoms with Gasteiger partial charge in [-0.3, -0.25) is 24.4 Å². The molecule has 0 unspecified atom stereocenters. The van der Waals surface area contributed by atoms with E-state index in [1.54, 1.807) is 48.5 Å². The van der Waals surface area contributed by atoms with Crippen molar-refractivity contribution in [3.63, 3.8) is 0 Å². The number of aromatic nitrogens is 2. The van der Waals surface area contributed by atoms with Gasteiger partial charge in [-0.25, -0.2) is 4.79 Å². The van der Waals surface area contributed by atoms with Gasteiger partial charge in [0.05, 0.1) is 4.92 Å². The number of anilines is 3. The molecule has 4 rings (SSSR count). The van der Waals surface area contributed by atoms with Crippen molar-refractivity contribution in [1.82, 2.24) is 10.1 Å². The molecule has 1 amide bonds. The average molecular weight is 417 g/mol. The number of para-hydroxylation sites is 1. The summed E-state index contributed by atoms with van der Waals surface area (Å²) < 4.78 is 4.48. The standard InChI is InChI=1S/C21H15N5O5/c27-20(23-16-8-4-5-13(11-16)19-24-21(28)31-25-19)14-9-10-17(18(12-14)26(29)30)22-15-6-2-1-3-7-15/h1-12,22H,(H,23,27)(H,24,25,28). The van der Waals surface area contributed by atoms with Crippen LogP contribution in [0.4, 0.5) is 22.7 Å². The third-order valence-electron chi connectivity index (χ3n) is 4.34. The number of nitro groups is 1. The summed E-state index contributed by atoms with van der Waals surface area (Å²) in [7, 11) is 0. The van der Waals surface area contributed by atoms with Gasteiger partial charge in [0.25, 0.3) is 11.6 Å². The Morgan fingerprint density at radius 2 is 1.77 bits per heavy atom. The highest BCUT2D eigenvalue weighted by Crippen LogP contribution is 2.29. The Kier molecular flexibility index (Phi) is 5.26. The molecule has 10 nitrogen and oxygen atoms in total. The van der Waals surface area contributed by atoms with Gasteiger partial charge in [-0.15, -0.1) is 0 Å². The number of amides is 1. The minimum Gasteiger partial charge on any atom is -0.350 e. The second-order valence-corrected chi connectivity index (χ2v) is 6.46. The average Bonchev–Trinajstić information content (AvgIpc) is 3.21. The van der Waals surface area contributed by atoms with E-state index in [1.165, 1.54) is 18.2 Å². The number of nitro benzene ring substituents is 1. The molecule has 0 saturated carbocycles. The Morgan fingerprint density at radius 1 is 1.00 bits per heavy atom. The van der Waals surface area contributed by atoms with E-state index in [-0.39, 0.29) is 22.8 Å². The molecule has 3 N–H and O–H groups in total. The molecule has 0 fully saturated rings. The third kappa shape index (κ3) is 4.48. The maximum absolute atomic E-state index is 12.7. The van der Waals surface area contributed by atoms with E-state index in [0.29, 0.717) is 16.9 Å². The Labute approximate surface area is 174 Å². The molecule has 1 aromatic heterocycles. The smallest absolute Gasteiger partial charge is 0.350 e. The highest BCUT2D eigenvalue weighted by Gasteiger charge is 2.18. The number of carbonyl (C=O) groups excluding carboxylic acids is 1. The van der Waals surface area contributed by atoms with Crippen LogP contribution in [0.25, 0.3) is 11.4 Å². The monoisotopic (exact) mass is 417 g/mol. The van der Waals surface area contributed by atoms with E-state index in [9.17, 15) is 19.7 Å². The SMILES string of the molecule is O=C(Nc1cccc(-c2noc(=O)[nH]2)c1)c1ccc(Nc2ccccc2)c([N+](=O)[O-])c1. The van der Waals surface area contributed by atoms with Gasteiger partial charge in [0, 0.05) is 28.6 Å². The van der Waals surface area contributed by atoms with E-state index in [4.69, 9.17) is 0 Å². The topological polar surface area (TPSA) is 143 Å². The summed E-state index contributed by atoms with van der Waals surface area (Å²) in [5.41, 5.74) is 1.78. The van der Waals surface area contributed by atoms with Crippen LogP contribution in [0.15, 0.2) is 82.1 Å². The molecule has 0 aliphatic rings. The molecule has 0 radical (unpaired) electrons. The van der Waals surface area contributed by atoms with Gasteiger partial charge in [-0.05, 0) is 36.4 Å². The number of hydrogen-bond acceptors (Lipinski definition) is 7. The maximum atomic E-state index is 12.7. The number of nitrogens with zero attached hydrogens (tertiary/aromatic N) is 2. The predicted octanol–water partition coefficient (Wildman–Crippen LogP) is 3.93. The van der Waals surface area contributed by atoms with E-state index in [2.05, 4.69) is 25.3 Å². The minimum atomic E-state index is -0.694. The van der Waals surface area contributed by atoms with Crippen LogP contribution in [0, 0.1) is 10.1 Å². The lowest BCUT2D eigenvalue weighted by molar-refractivity contribution is -0.383. The van der Waals surface area contributed by atoms with Gasteiger partial charge < -0.3 is 10.6 Å². The first kappa shape index (κ1) is 19.6. The number of carbonyl (C=O) groups is 1. The van der Waals surface area contributed by atoms with Crippen molar-refractivity contribution in [2.75, 3.05) is 10.6 Å². The molecule has 1 heterocycles. The van der Waals surface area contributed by atoms with Gasteiger partial charge in [0.1, 0.15) is 5.69 Å². The van der Waals surface area contributed by atoms with Crippen LogP contribution in [0.3, 0.4) is 0 Å². The molecule has 3 aromatic carbocycles. The van der Waals surface area contributed by atoms with Crippen molar-refractivity contribution >= 4 is 28.7 Å². The predicted molar refractivity (Wildman–Crippen MR) is 113 cm³/mol. The van der Waals surface area contributed by atoms with Crippen molar-refractivity contribution in [2.45, 2.75) is 0 Å². The first-order valence-electron chi connectivity index (χ1n) is 9.08. The summed E-state index contributed by atoms with van der Waals surface area (Å²) in [6.07, 6.45) is 0. The maximum Gasteiger partial charge on any atom is 0.439 e. The largest absolute Gasteiger partial charge is 0.439 e. The molecule has 0 atom stereocenters. The van der Waals surface area contributed by atoms with E-state index >= 15 is 0 Å². The Hall–Kier alpha value is -4.73. The van der Waals surface area contributed by atoms with Crippen molar-refractivity contribution in [2.24, 2.45) is 0 Å². The highest BCUT2D eigenvalue weighted by atomic mass is 16.6. The number of rotatable bonds is 6. The minimum absolute atomic E-state index is 0.116. The fraction of sp³-hybridized carbons (Fsp3) is 0. The van der Waals surface area contributed by atoms with Crippen LogP contribution in [0.2, 0.25) is 0 Å². The molecule has 4 aromatic rings. The molecule has 10 heteroatoms. The van der Waals surface area contributed by atoms with Crippen LogP contribution >= 0.6 is 0 Å². The number of H-pyrrole nitrogens is 1. The second-order valence-electron chi connectivity index (χ2n) is 6.46. The summed E-state index contributed by atoms with van der Waals surface area (Å²) in [5.74, 6) is -1.01. The lowest BCUT2D eigenvalue weighted by atomic mass is 10.1. The number of aromatic amines is 1. The highest BCUT2D eigenvalue weighted by molar-refractivity contribution is 6.05. The number of benzene rings is 3. The second kappa shape index (κ2) is 8.33. The van der Waals surface area contributed by atoms with Crippen LogP contribution in [-0.2, 0) is 0 Å². The lowest BCUT2D eigenvalue weighted by Gasteiger charge is -2.10. The first-order valence-corrected chi connectivity index (χ1v) is 9.08. The molecular weight excluding hydrogens is 402 g/mol. The van der Waals surface area contributed by atoms with Crippen LogP contribution in [0.5, 0.6) is 0 Å². The van der Waals surface area contributed by atoms with Crippen molar-refractivity contribution < 1.29 is 14.2 Å². The molecule has 31 heavy (non-hydrogen) atoms. The van der Waals surface area contributed by atoms with Gasteiger partial charge in [-0.2, -0.15) is 0 Å². The van der Waals surface area contributed by atoms with Gasteiger partial charge >= 0.3 is 5.76 Å². The summed E-state index contributed by atoms with van der Waals surface area (Å²) in [6, 6.07) is 19.7. The van der Waals surface area contributed by atoms with E-state index in [0.717, 1.165) is 0 Å². The molecule has 0 saturated heterocycles. The van der Waals surface area contributed by atoms with Crippen LogP contribution < -0.4 is 16.4 Å².